The van der Waals surface area contributed by atoms with Gasteiger partial charge in [-0.25, -0.2) is 0 Å². The zero-order valence-electron chi connectivity index (χ0n) is 16.2. The molecule has 0 atom stereocenters. The number of fused-ring (bicyclic) bond motifs is 2. The first kappa shape index (κ1) is 18.5. The number of nitrogens with one attached hydrogen (secondary N) is 2. The van der Waals surface area contributed by atoms with Crippen LogP contribution < -0.4 is 22.0 Å². The van der Waals surface area contributed by atoms with Crippen molar-refractivity contribution in [1.29, 1.82) is 0 Å². The Bertz CT molecular complexity index is 1380. The standard InChI is InChI=1S/C22H20N4O4/c27-19-15-16(20(28)18-17(19)23-8-9-24-18)22(30)26(21(15)29)14-6-10-25(11-7-14)12-13-4-2-1-3-5-13/h1-5,8-9,14,23-24H,6-7,10-12H2. The molecule has 4 aromatic rings. The van der Waals surface area contributed by atoms with Crippen LogP contribution in [0.25, 0.3) is 21.8 Å². The second-order valence-corrected chi connectivity index (χ2v) is 7.75. The summed E-state index contributed by atoms with van der Waals surface area (Å²) < 4.78 is 1.13. The average Bonchev–Trinajstić information content (AvgIpc) is 3.04. The molecule has 152 valence electrons. The second-order valence-electron chi connectivity index (χ2n) is 7.75. The number of likely N-dealkylation sites (tertiary alicyclic amines) is 1. The summed E-state index contributed by atoms with van der Waals surface area (Å²) in [5.41, 5.74) is -1.29. The van der Waals surface area contributed by atoms with E-state index in [2.05, 4.69) is 27.0 Å². The van der Waals surface area contributed by atoms with Gasteiger partial charge in [-0.3, -0.25) is 28.6 Å². The van der Waals surface area contributed by atoms with Crippen molar-refractivity contribution in [2.45, 2.75) is 25.4 Å². The van der Waals surface area contributed by atoms with Crippen molar-refractivity contribution in [2.24, 2.45) is 0 Å². The molecule has 0 spiro atoms. The van der Waals surface area contributed by atoms with E-state index in [0.717, 1.165) is 24.2 Å². The molecule has 0 aliphatic carbocycles. The number of aromatic amines is 2. The fraction of sp³-hybridized carbons (Fsp3) is 0.273. The lowest BCUT2D eigenvalue weighted by molar-refractivity contribution is 0.177. The van der Waals surface area contributed by atoms with Crippen LogP contribution in [-0.4, -0.2) is 32.5 Å². The molecule has 0 saturated carbocycles. The monoisotopic (exact) mass is 404 g/mol. The van der Waals surface area contributed by atoms with Gasteiger partial charge in [0.1, 0.15) is 21.8 Å². The molecule has 2 aromatic heterocycles. The van der Waals surface area contributed by atoms with Crippen molar-refractivity contribution < 1.29 is 0 Å². The Morgan fingerprint density at radius 1 is 0.800 bits per heavy atom. The minimum atomic E-state index is -0.655. The maximum absolute atomic E-state index is 13.0. The number of nitrogens with zero attached hydrogens (tertiary/aromatic N) is 2. The van der Waals surface area contributed by atoms with E-state index in [9.17, 15) is 19.2 Å². The summed E-state index contributed by atoms with van der Waals surface area (Å²) in [6.45, 7) is 2.26. The second kappa shape index (κ2) is 7.07. The van der Waals surface area contributed by atoms with Crippen LogP contribution in [-0.2, 0) is 6.54 Å². The number of piperidine rings is 1. The van der Waals surface area contributed by atoms with Crippen LogP contribution in [0.4, 0.5) is 0 Å². The molecule has 0 bridgehead atoms. The molecule has 30 heavy (non-hydrogen) atoms. The first-order chi connectivity index (χ1) is 14.6. The molecule has 5 rings (SSSR count). The van der Waals surface area contributed by atoms with Crippen LogP contribution >= 0.6 is 0 Å². The summed E-state index contributed by atoms with van der Waals surface area (Å²) in [4.78, 5) is 59.4. The van der Waals surface area contributed by atoms with E-state index < -0.39 is 22.0 Å². The van der Waals surface area contributed by atoms with Crippen molar-refractivity contribution in [2.75, 3.05) is 13.1 Å². The van der Waals surface area contributed by atoms with Crippen molar-refractivity contribution in [1.82, 2.24) is 19.4 Å². The lowest BCUT2D eigenvalue weighted by Gasteiger charge is -2.32. The summed E-state index contributed by atoms with van der Waals surface area (Å²) in [7, 11) is 0. The van der Waals surface area contributed by atoms with Crippen molar-refractivity contribution >= 4 is 21.8 Å². The average molecular weight is 404 g/mol. The Hall–Kier alpha value is -3.52. The zero-order chi connectivity index (χ0) is 20.8. The lowest BCUT2D eigenvalue weighted by atomic mass is 10.0. The zero-order valence-corrected chi connectivity index (χ0v) is 16.2. The Morgan fingerprint density at radius 2 is 1.33 bits per heavy atom. The summed E-state index contributed by atoms with van der Waals surface area (Å²) >= 11 is 0. The fourth-order valence-corrected chi connectivity index (χ4v) is 4.48. The van der Waals surface area contributed by atoms with Gasteiger partial charge in [0, 0.05) is 38.1 Å². The molecule has 1 fully saturated rings. The van der Waals surface area contributed by atoms with Gasteiger partial charge in [-0.15, -0.1) is 0 Å². The third kappa shape index (κ3) is 2.80. The van der Waals surface area contributed by atoms with E-state index in [0.29, 0.717) is 12.8 Å². The van der Waals surface area contributed by atoms with Gasteiger partial charge in [-0.2, -0.15) is 0 Å². The van der Waals surface area contributed by atoms with Gasteiger partial charge >= 0.3 is 0 Å². The molecule has 3 heterocycles. The highest BCUT2D eigenvalue weighted by molar-refractivity contribution is 5.94. The van der Waals surface area contributed by atoms with Crippen LogP contribution in [0, 0.1) is 0 Å². The molecule has 2 aromatic carbocycles. The maximum atomic E-state index is 13.0. The SMILES string of the molecule is O=c1c2[nH]cc[nH]c2c(=O)c2c(=O)n(C3CCN(Cc4ccccc4)CC3)c(=O)c12. The van der Waals surface area contributed by atoms with Crippen LogP contribution in [0.15, 0.2) is 61.9 Å². The van der Waals surface area contributed by atoms with Gasteiger partial charge in [0.25, 0.3) is 11.1 Å². The molecule has 8 heteroatoms. The number of aromatic nitrogens is 3. The number of H-pyrrole nitrogens is 2. The van der Waals surface area contributed by atoms with Gasteiger partial charge in [-0.05, 0) is 18.4 Å². The molecule has 0 amide bonds. The first-order valence-corrected chi connectivity index (χ1v) is 9.96. The van der Waals surface area contributed by atoms with Crippen LogP contribution in [0.3, 0.4) is 0 Å². The van der Waals surface area contributed by atoms with E-state index in [1.807, 2.05) is 18.2 Å². The van der Waals surface area contributed by atoms with E-state index in [4.69, 9.17) is 0 Å². The molecule has 1 aliphatic rings. The molecule has 1 saturated heterocycles. The summed E-state index contributed by atoms with van der Waals surface area (Å²) in [5.74, 6) is 0. The van der Waals surface area contributed by atoms with Gasteiger partial charge in [0.05, 0.1) is 0 Å². The quantitative estimate of drug-likeness (QED) is 0.533. The smallest absolute Gasteiger partial charge is 0.266 e. The molecular weight excluding hydrogens is 384 g/mol. The summed E-state index contributed by atoms with van der Waals surface area (Å²) in [5, 5.41) is -0.611. The largest absolute Gasteiger partial charge is 0.355 e. The molecule has 0 radical (unpaired) electrons. The Balaban J connectivity index is 1.52. The molecular formula is C22H20N4O4. The molecule has 2 N–H and O–H groups in total. The van der Waals surface area contributed by atoms with Crippen molar-refractivity contribution in [3.05, 3.63) is 89.4 Å². The predicted octanol–water partition coefficient (Wildman–Crippen LogP) is 1.17. The van der Waals surface area contributed by atoms with Crippen molar-refractivity contribution in [3.63, 3.8) is 0 Å². The van der Waals surface area contributed by atoms with E-state index >= 15 is 0 Å². The third-order valence-electron chi connectivity index (χ3n) is 5.98. The number of hydrogen-bond acceptors (Lipinski definition) is 5. The fourth-order valence-electron chi connectivity index (χ4n) is 4.48. The third-order valence-corrected chi connectivity index (χ3v) is 5.98. The Morgan fingerprint density at radius 3 is 1.87 bits per heavy atom. The minimum absolute atomic E-state index is 0.0157. The van der Waals surface area contributed by atoms with E-state index in [1.54, 1.807) is 0 Å². The van der Waals surface area contributed by atoms with Crippen LogP contribution in [0.5, 0.6) is 0 Å². The summed E-state index contributed by atoms with van der Waals surface area (Å²) in [6, 6.07) is 9.80. The van der Waals surface area contributed by atoms with Gasteiger partial charge in [0.2, 0.25) is 10.9 Å². The summed E-state index contributed by atoms with van der Waals surface area (Å²) in [6.07, 6.45) is 4.16. The first-order valence-electron chi connectivity index (χ1n) is 9.96. The lowest BCUT2D eigenvalue weighted by Crippen LogP contribution is -2.39. The Labute approximate surface area is 169 Å². The molecule has 0 unspecified atom stereocenters. The highest BCUT2D eigenvalue weighted by Gasteiger charge is 2.28. The highest BCUT2D eigenvalue weighted by Crippen LogP contribution is 2.22. The van der Waals surface area contributed by atoms with Gasteiger partial charge in [0.15, 0.2) is 0 Å². The molecule has 1 aliphatic heterocycles. The topological polar surface area (TPSA) is 108 Å². The van der Waals surface area contributed by atoms with E-state index in [1.165, 1.54) is 18.0 Å². The minimum Gasteiger partial charge on any atom is -0.355 e. The molecule has 8 nitrogen and oxygen atoms in total. The Kier molecular flexibility index (Phi) is 4.36. The predicted molar refractivity (Wildman–Crippen MR) is 114 cm³/mol. The van der Waals surface area contributed by atoms with Crippen LogP contribution in [0.1, 0.15) is 24.4 Å². The normalized spacial score (nSPS) is 15.9. The van der Waals surface area contributed by atoms with Crippen LogP contribution in [0.2, 0.25) is 0 Å². The highest BCUT2D eigenvalue weighted by atomic mass is 16.2. The number of hydrogen-bond donors (Lipinski definition) is 2. The maximum Gasteiger partial charge on any atom is 0.266 e. The van der Waals surface area contributed by atoms with Crippen molar-refractivity contribution in [3.8, 4) is 0 Å². The number of benzene rings is 2. The van der Waals surface area contributed by atoms with E-state index in [-0.39, 0.29) is 27.8 Å². The van der Waals surface area contributed by atoms with Gasteiger partial charge in [-0.1, -0.05) is 30.3 Å². The van der Waals surface area contributed by atoms with Gasteiger partial charge < -0.3 is 9.97 Å². The number of rotatable bonds is 3.